The van der Waals surface area contributed by atoms with Gasteiger partial charge in [0.05, 0.1) is 12.1 Å². The lowest BCUT2D eigenvalue weighted by Crippen LogP contribution is -2.59. The van der Waals surface area contributed by atoms with Crippen LogP contribution in [0.2, 0.25) is 0 Å². The Morgan fingerprint density at radius 3 is 2.55 bits per heavy atom. The number of anilines is 1. The maximum atomic E-state index is 15.3. The molecule has 8 nitrogen and oxygen atoms in total. The Kier molecular flexibility index (Phi) is 7.35. The molecule has 38 heavy (non-hydrogen) atoms. The van der Waals surface area contributed by atoms with Crippen LogP contribution in [-0.4, -0.2) is 51.2 Å². The van der Waals surface area contributed by atoms with E-state index in [9.17, 15) is 10.1 Å². The molecule has 5 rings (SSSR count). The Labute approximate surface area is 222 Å². The lowest BCUT2D eigenvalue weighted by molar-refractivity contribution is 0.0989. The van der Waals surface area contributed by atoms with Gasteiger partial charge in [0, 0.05) is 49.9 Å². The van der Waals surface area contributed by atoms with Gasteiger partial charge in [-0.25, -0.2) is 14.2 Å². The number of pyridine rings is 1. The van der Waals surface area contributed by atoms with Gasteiger partial charge in [-0.15, -0.1) is 0 Å². The number of benzene rings is 1. The van der Waals surface area contributed by atoms with Gasteiger partial charge in [-0.05, 0) is 56.7 Å². The van der Waals surface area contributed by atoms with Crippen molar-refractivity contribution in [3.8, 4) is 11.8 Å². The molecule has 1 aliphatic heterocycles. The van der Waals surface area contributed by atoms with E-state index >= 15 is 4.39 Å². The van der Waals surface area contributed by atoms with Crippen LogP contribution in [0, 0.1) is 23.1 Å². The highest BCUT2D eigenvalue weighted by molar-refractivity contribution is 5.86. The number of piperazine rings is 1. The Balaban J connectivity index is 1.45. The van der Waals surface area contributed by atoms with Crippen molar-refractivity contribution in [1.82, 2.24) is 19.4 Å². The standard InChI is InChI=1S/C29H35FN6O2/c1-5-21-16-36(28-27-26(34(4)29(37)33-28)12-9-20(14-31)32-27)22(6-2)15-35(21)18(3)24-11-10-23(13-25(24)30)38-17-19-7-8-19/h9-13,18-19,21-22H,5-8,15-17H2,1-4H3/t18?,21?,22-/m0/s1. The summed E-state index contributed by atoms with van der Waals surface area (Å²) >= 11 is 0. The molecule has 200 valence electrons. The molecule has 3 atom stereocenters. The minimum atomic E-state index is -0.358. The van der Waals surface area contributed by atoms with Gasteiger partial charge in [0.2, 0.25) is 0 Å². The summed E-state index contributed by atoms with van der Waals surface area (Å²) in [5, 5.41) is 9.44. The minimum Gasteiger partial charge on any atom is -0.493 e. The first-order valence-corrected chi connectivity index (χ1v) is 13.6. The Morgan fingerprint density at radius 1 is 1.13 bits per heavy atom. The molecule has 3 aromatic rings. The Bertz CT molecular complexity index is 1430. The molecule has 0 bridgehead atoms. The predicted molar refractivity (Wildman–Crippen MR) is 145 cm³/mol. The molecule has 0 N–H and O–H groups in total. The van der Waals surface area contributed by atoms with E-state index in [1.807, 2.05) is 12.1 Å². The molecule has 1 aliphatic carbocycles. The van der Waals surface area contributed by atoms with Gasteiger partial charge in [0.25, 0.3) is 0 Å². The average Bonchev–Trinajstić information content (AvgIpc) is 3.77. The average molecular weight is 519 g/mol. The first kappa shape index (κ1) is 26.1. The summed E-state index contributed by atoms with van der Waals surface area (Å²) in [4.78, 5) is 26.3. The van der Waals surface area contributed by atoms with E-state index in [0.717, 1.165) is 12.8 Å². The fourth-order valence-electron chi connectivity index (χ4n) is 5.50. The van der Waals surface area contributed by atoms with Crippen LogP contribution in [0.4, 0.5) is 10.2 Å². The van der Waals surface area contributed by atoms with Gasteiger partial charge in [-0.2, -0.15) is 10.2 Å². The molecule has 0 spiro atoms. The van der Waals surface area contributed by atoms with Gasteiger partial charge in [-0.3, -0.25) is 9.47 Å². The summed E-state index contributed by atoms with van der Waals surface area (Å²) < 4.78 is 22.5. The monoisotopic (exact) mass is 518 g/mol. The molecule has 1 aromatic carbocycles. The van der Waals surface area contributed by atoms with Crippen molar-refractivity contribution >= 4 is 16.9 Å². The van der Waals surface area contributed by atoms with E-state index < -0.39 is 0 Å². The number of fused-ring (bicyclic) bond motifs is 1. The Hall–Kier alpha value is -3.51. The number of halogens is 1. The van der Waals surface area contributed by atoms with Gasteiger partial charge in [0.1, 0.15) is 28.8 Å². The highest BCUT2D eigenvalue weighted by atomic mass is 19.1. The van der Waals surface area contributed by atoms with Crippen molar-refractivity contribution in [2.75, 3.05) is 24.6 Å². The first-order chi connectivity index (χ1) is 18.3. The van der Waals surface area contributed by atoms with Crippen LogP contribution in [0.25, 0.3) is 11.0 Å². The highest BCUT2D eigenvalue weighted by Crippen LogP contribution is 2.35. The molecule has 0 radical (unpaired) electrons. The largest absolute Gasteiger partial charge is 0.493 e. The Morgan fingerprint density at radius 2 is 1.89 bits per heavy atom. The van der Waals surface area contributed by atoms with Crippen molar-refractivity contribution in [2.24, 2.45) is 13.0 Å². The van der Waals surface area contributed by atoms with Crippen LogP contribution in [0.15, 0.2) is 35.1 Å². The van der Waals surface area contributed by atoms with Crippen LogP contribution in [0.5, 0.6) is 5.75 Å². The predicted octanol–water partition coefficient (Wildman–Crippen LogP) is 4.57. The van der Waals surface area contributed by atoms with Gasteiger partial charge >= 0.3 is 5.69 Å². The summed E-state index contributed by atoms with van der Waals surface area (Å²) in [7, 11) is 1.66. The number of aryl methyl sites for hydroxylation is 1. The quantitative estimate of drug-likeness (QED) is 0.432. The first-order valence-electron chi connectivity index (χ1n) is 13.6. The zero-order chi connectivity index (χ0) is 27.0. The van der Waals surface area contributed by atoms with E-state index in [1.165, 1.54) is 23.5 Å². The van der Waals surface area contributed by atoms with Gasteiger partial charge in [-0.1, -0.05) is 19.9 Å². The lowest BCUT2D eigenvalue weighted by atomic mass is 9.96. The van der Waals surface area contributed by atoms with Crippen molar-refractivity contribution in [2.45, 2.75) is 64.6 Å². The topological polar surface area (TPSA) is 87.3 Å². The fourth-order valence-corrected chi connectivity index (χ4v) is 5.50. The van der Waals surface area contributed by atoms with E-state index in [0.29, 0.717) is 53.8 Å². The normalized spacial score (nSPS) is 20.9. The van der Waals surface area contributed by atoms with Crippen LogP contribution in [0.1, 0.15) is 63.8 Å². The number of nitrogens with zero attached hydrogens (tertiary/aromatic N) is 6. The third kappa shape index (κ3) is 4.97. The zero-order valence-electron chi connectivity index (χ0n) is 22.5. The van der Waals surface area contributed by atoms with Crippen molar-refractivity contribution in [1.29, 1.82) is 5.26 Å². The molecule has 9 heteroatoms. The summed E-state index contributed by atoms with van der Waals surface area (Å²) in [6.07, 6.45) is 4.05. The van der Waals surface area contributed by atoms with Crippen LogP contribution >= 0.6 is 0 Å². The number of hydrogen-bond donors (Lipinski definition) is 0. The molecule has 0 amide bonds. The second-order valence-electron chi connectivity index (χ2n) is 10.5. The molecule has 2 fully saturated rings. The molecule has 2 unspecified atom stereocenters. The number of hydrogen-bond acceptors (Lipinski definition) is 7. The smallest absolute Gasteiger partial charge is 0.349 e. The van der Waals surface area contributed by atoms with E-state index in [1.54, 1.807) is 19.2 Å². The minimum absolute atomic E-state index is 0.0415. The second kappa shape index (κ2) is 10.7. The molecular formula is C29H35FN6O2. The summed E-state index contributed by atoms with van der Waals surface area (Å²) in [5.41, 5.74) is 1.77. The zero-order valence-corrected chi connectivity index (χ0v) is 22.5. The van der Waals surface area contributed by atoms with E-state index in [2.05, 4.69) is 46.6 Å². The third-order valence-corrected chi connectivity index (χ3v) is 8.11. The lowest BCUT2D eigenvalue weighted by Gasteiger charge is -2.49. The maximum Gasteiger partial charge on any atom is 0.349 e. The fraction of sp³-hybridized carbons (Fsp3) is 0.517. The van der Waals surface area contributed by atoms with E-state index in [4.69, 9.17) is 4.74 Å². The van der Waals surface area contributed by atoms with Gasteiger partial charge in [0.15, 0.2) is 5.82 Å². The van der Waals surface area contributed by atoms with Gasteiger partial charge < -0.3 is 9.64 Å². The second-order valence-corrected chi connectivity index (χ2v) is 10.5. The molecular weight excluding hydrogens is 483 g/mol. The number of nitriles is 1. The molecule has 3 heterocycles. The number of rotatable bonds is 8. The van der Waals surface area contributed by atoms with Crippen molar-refractivity contribution < 1.29 is 9.13 Å². The van der Waals surface area contributed by atoms with Crippen LogP contribution < -0.4 is 15.3 Å². The van der Waals surface area contributed by atoms with Crippen LogP contribution in [-0.2, 0) is 7.05 Å². The van der Waals surface area contributed by atoms with Crippen molar-refractivity contribution in [3.63, 3.8) is 0 Å². The summed E-state index contributed by atoms with van der Waals surface area (Å²) in [5.74, 6) is 1.47. The molecule has 2 aromatic heterocycles. The van der Waals surface area contributed by atoms with Crippen LogP contribution in [0.3, 0.4) is 0 Å². The number of ether oxygens (including phenoxy) is 1. The molecule has 1 saturated heterocycles. The molecule has 1 saturated carbocycles. The third-order valence-electron chi connectivity index (χ3n) is 8.11. The summed E-state index contributed by atoms with van der Waals surface area (Å²) in [6.45, 7) is 8.25. The number of aromatic nitrogens is 3. The highest BCUT2D eigenvalue weighted by Gasteiger charge is 2.37. The van der Waals surface area contributed by atoms with E-state index in [-0.39, 0.29) is 35.3 Å². The SMILES string of the molecule is CCC1CN(c2nc(=O)n(C)c3ccc(C#N)nc23)[C@@H](CC)CN1C(C)c1ccc(OCC2CC2)cc1F. The van der Waals surface area contributed by atoms with Crippen molar-refractivity contribution in [3.05, 3.63) is 57.9 Å². The summed E-state index contributed by atoms with van der Waals surface area (Å²) in [6, 6.07) is 10.7. The maximum absolute atomic E-state index is 15.3. The molecule has 2 aliphatic rings.